The van der Waals surface area contributed by atoms with E-state index in [1.807, 2.05) is 32.0 Å². The van der Waals surface area contributed by atoms with E-state index in [4.69, 9.17) is 15.6 Å². The van der Waals surface area contributed by atoms with E-state index in [1.165, 1.54) is 0 Å². The largest absolute Gasteiger partial charge is 0.480 e. The van der Waals surface area contributed by atoms with Gasteiger partial charge in [0.1, 0.15) is 18.7 Å². The zero-order chi connectivity index (χ0) is 19.2. The van der Waals surface area contributed by atoms with Crippen LogP contribution in [-0.2, 0) is 24.2 Å². The third-order valence-electron chi connectivity index (χ3n) is 3.58. The van der Waals surface area contributed by atoms with Crippen molar-refractivity contribution in [2.24, 2.45) is 5.73 Å². The first-order valence-electron chi connectivity index (χ1n) is 7.71. The van der Waals surface area contributed by atoms with E-state index in [0.717, 1.165) is 16.8 Å². The number of benzene rings is 1. The van der Waals surface area contributed by atoms with E-state index >= 15 is 0 Å². The summed E-state index contributed by atoms with van der Waals surface area (Å²) in [6, 6.07) is 3.57. The number of carboxylic acids is 1. The van der Waals surface area contributed by atoms with Gasteiger partial charge in [-0.25, -0.2) is 13.2 Å². The Labute approximate surface area is 147 Å². The maximum Gasteiger partial charge on any atom is 0.328 e. The van der Waals surface area contributed by atoms with E-state index in [-0.39, 0.29) is 6.61 Å². The number of esters is 1. The van der Waals surface area contributed by atoms with Gasteiger partial charge in [0.25, 0.3) is 0 Å². The fourth-order valence-corrected chi connectivity index (χ4v) is 3.33. The van der Waals surface area contributed by atoms with Gasteiger partial charge in [-0.05, 0) is 31.9 Å². The van der Waals surface area contributed by atoms with E-state index in [9.17, 15) is 18.0 Å². The Bertz CT molecular complexity index is 712. The molecular formula is C16H24N2O6S. The molecule has 0 aliphatic heterocycles. The molecule has 0 fully saturated rings. The molecule has 0 heterocycles. The molecule has 0 aliphatic carbocycles. The summed E-state index contributed by atoms with van der Waals surface area (Å²) in [5.74, 6) is -3.17. The van der Waals surface area contributed by atoms with Crippen molar-refractivity contribution >= 4 is 27.5 Å². The van der Waals surface area contributed by atoms with E-state index < -0.39 is 45.4 Å². The fraction of sp³-hybridized carbons (Fsp3) is 0.500. The lowest BCUT2D eigenvalue weighted by molar-refractivity contribution is -0.143. The van der Waals surface area contributed by atoms with Gasteiger partial charge in [0.05, 0.1) is 11.5 Å². The average molecular weight is 372 g/mol. The van der Waals surface area contributed by atoms with Crippen LogP contribution in [0.2, 0.25) is 0 Å². The normalized spacial score (nSPS) is 13.8. The monoisotopic (exact) mass is 372 g/mol. The SMILES string of the molecule is Cc1cccc(C)c1N[C@@H](C)C(=O)OCCS(=O)(=O)CC(N)C(=O)O. The van der Waals surface area contributed by atoms with E-state index in [1.54, 1.807) is 6.92 Å². The highest BCUT2D eigenvalue weighted by Gasteiger charge is 2.23. The zero-order valence-corrected chi connectivity index (χ0v) is 15.3. The molecule has 0 aromatic heterocycles. The van der Waals surface area contributed by atoms with Crippen LogP contribution in [0.25, 0.3) is 0 Å². The highest BCUT2D eigenvalue weighted by molar-refractivity contribution is 7.91. The Balaban J connectivity index is 2.52. The van der Waals surface area contributed by atoms with Gasteiger partial charge >= 0.3 is 11.9 Å². The zero-order valence-electron chi connectivity index (χ0n) is 14.5. The van der Waals surface area contributed by atoms with Crippen molar-refractivity contribution in [1.29, 1.82) is 0 Å². The molecule has 0 spiro atoms. The highest BCUT2D eigenvalue weighted by atomic mass is 32.2. The van der Waals surface area contributed by atoms with Crippen LogP contribution in [0.4, 0.5) is 5.69 Å². The smallest absolute Gasteiger partial charge is 0.328 e. The second kappa shape index (κ2) is 8.82. The average Bonchev–Trinajstić information content (AvgIpc) is 2.49. The third-order valence-corrected chi connectivity index (χ3v) is 5.24. The number of hydrogen-bond donors (Lipinski definition) is 3. The molecule has 2 atom stereocenters. The summed E-state index contributed by atoms with van der Waals surface area (Å²) in [5, 5.41) is 11.7. The molecule has 1 unspecified atom stereocenters. The molecule has 0 radical (unpaired) electrons. The molecule has 0 saturated carbocycles. The molecule has 0 aliphatic rings. The van der Waals surface area contributed by atoms with Crippen LogP contribution in [0, 0.1) is 13.8 Å². The lowest BCUT2D eigenvalue weighted by atomic mass is 10.1. The molecule has 4 N–H and O–H groups in total. The minimum absolute atomic E-state index is 0.355. The third kappa shape index (κ3) is 6.71. The van der Waals surface area contributed by atoms with E-state index in [0.29, 0.717) is 0 Å². The van der Waals surface area contributed by atoms with Crippen LogP contribution in [0.3, 0.4) is 0 Å². The second-order valence-corrected chi connectivity index (χ2v) is 8.09. The summed E-state index contributed by atoms with van der Waals surface area (Å²) < 4.78 is 28.4. The maximum absolute atomic E-state index is 12.0. The van der Waals surface area contributed by atoms with Gasteiger partial charge in [-0.2, -0.15) is 0 Å². The van der Waals surface area contributed by atoms with Gasteiger partial charge in [-0.1, -0.05) is 18.2 Å². The van der Waals surface area contributed by atoms with Crippen molar-refractivity contribution in [2.75, 3.05) is 23.4 Å². The number of aliphatic carboxylic acids is 1. The number of aryl methyl sites for hydroxylation is 2. The quantitative estimate of drug-likeness (QED) is 0.532. The molecular weight excluding hydrogens is 348 g/mol. The molecule has 1 aromatic rings. The van der Waals surface area contributed by atoms with Crippen molar-refractivity contribution in [2.45, 2.75) is 32.9 Å². The lowest BCUT2D eigenvalue weighted by Crippen LogP contribution is -2.38. The van der Waals surface area contributed by atoms with Crippen LogP contribution in [0.15, 0.2) is 18.2 Å². The first-order chi connectivity index (χ1) is 11.5. The standard InChI is InChI=1S/C16H24N2O6S/c1-10-5-4-6-11(2)14(10)18-12(3)16(21)24-7-8-25(22,23)9-13(17)15(19)20/h4-6,12-13,18H,7-9,17H2,1-3H3,(H,19,20)/t12-,13?/m0/s1. The number of para-hydroxylation sites is 1. The summed E-state index contributed by atoms with van der Waals surface area (Å²) in [6.07, 6.45) is 0. The Kier molecular flexibility index (Phi) is 7.38. The number of nitrogens with one attached hydrogen (secondary N) is 1. The van der Waals surface area contributed by atoms with Crippen LogP contribution in [0.1, 0.15) is 18.1 Å². The Morgan fingerprint density at radius 1 is 1.28 bits per heavy atom. The van der Waals surface area contributed by atoms with Crippen molar-refractivity contribution in [3.8, 4) is 0 Å². The van der Waals surface area contributed by atoms with Gasteiger partial charge in [-0.3, -0.25) is 4.79 Å². The fourth-order valence-electron chi connectivity index (χ4n) is 2.14. The van der Waals surface area contributed by atoms with Crippen LogP contribution in [0.5, 0.6) is 0 Å². The molecule has 8 nitrogen and oxygen atoms in total. The molecule has 0 bridgehead atoms. The summed E-state index contributed by atoms with van der Waals surface area (Å²) in [7, 11) is -3.72. The van der Waals surface area contributed by atoms with Gasteiger partial charge in [-0.15, -0.1) is 0 Å². The summed E-state index contributed by atoms with van der Waals surface area (Å²) in [6.45, 7) is 5.08. The van der Waals surface area contributed by atoms with Crippen LogP contribution >= 0.6 is 0 Å². The van der Waals surface area contributed by atoms with Crippen molar-refractivity contribution in [3.63, 3.8) is 0 Å². The molecule has 25 heavy (non-hydrogen) atoms. The molecule has 9 heteroatoms. The maximum atomic E-state index is 12.0. The number of nitrogens with two attached hydrogens (primary N) is 1. The number of carboxylic acid groups (broad SMARTS) is 1. The Hall–Kier alpha value is -2.13. The summed E-state index contributed by atoms with van der Waals surface area (Å²) in [5.41, 5.74) is 7.98. The topological polar surface area (TPSA) is 136 Å². The predicted molar refractivity (Wildman–Crippen MR) is 94.2 cm³/mol. The minimum Gasteiger partial charge on any atom is -0.480 e. The first-order valence-corrected chi connectivity index (χ1v) is 9.54. The minimum atomic E-state index is -3.72. The second-order valence-electron chi connectivity index (χ2n) is 5.86. The molecule has 1 aromatic carbocycles. The molecule has 140 valence electrons. The van der Waals surface area contributed by atoms with Gasteiger partial charge in [0.2, 0.25) is 0 Å². The van der Waals surface area contributed by atoms with Gasteiger partial charge in [0.15, 0.2) is 9.84 Å². The number of sulfone groups is 1. The molecule has 1 rings (SSSR count). The van der Waals surface area contributed by atoms with Gasteiger partial charge < -0.3 is 20.9 Å². The van der Waals surface area contributed by atoms with Crippen molar-refractivity contribution in [1.82, 2.24) is 0 Å². The Morgan fingerprint density at radius 3 is 2.36 bits per heavy atom. The van der Waals surface area contributed by atoms with Crippen molar-refractivity contribution < 1.29 is 27.9 Å². The molecule has 0 amide bonds. The van der Waals surface area contributed by atoms with Crippen LogP contribution in [-0.4, -0.2) is 55.7 Å². The number of carbonyl (C=O) groups is 2. The van der Waals surface area contributed by atoms with Gasteiger partial charge in [0, 0.05) is 5.69 Å². The number of anilines is 1. The number of ether oxygens (including phenoxy) is 1. The lowest BCUT2D eigenvalue weighted by Gasteiger charge is -2.18. The summed E-state index contributed by atoms with van der Waals surface area (Å²) >= 11 is 0. The number of carbonyl (C=O) groups excluding carboxylic acids is 1. The highest BCUT2D eigenvalue weighted by Crippen LogP contribution is 2.20. The number of hydrogen-bond acceptors (Lipinski definition) is 7. The predicted octanol–water partition coefficient (Wildman–Crippen LogP) is 0.474. The Morgan fingerprint density at radius 2 is 1.84 bits per heavy atom. The first kappa shape index (κ1) is 20.9. The van der Waals surface area contributed by atoms with Crippen LogP contribution < -0.4 is 11.1 Å². The van der Waals surface area contributed by atoms with Crippen molar-refractivity contribution in [3.05, 3.63) is 29.3 Å². The summed E-state index contributed by atoms with van der Waals surface area (Å²) in [4.78, 5) is 22.6. The number of rotatable bonds is 9. The molecule has 0 saturated heterocycles. The van der Waals surface area contributed by atoms with E-state index in [2.05, 4.69) is 5.32 Å².